The van der Waals surface area contributed by atoms with Gasteiger partial charge in [0.2, 0.25) is 11.8 Å². The van der Waals surface area contributed by atoms with Gasteiger partial charge in [0, 0.05) is 20.0 Å². The summed E-state index contributed by atoms with van der Waals surface area (Å²) in [6, 6.07) is 11.3. The van der Waals surface area contributed by atoms with Crippen LogP contribution in [0.15, 0.2) is 47.5 Å². The first-order valence-corrected chi connectivity index (χ1v) is 10.2. The summed E-state index contributed by atoms with van der Waals surface area (Å²) in [7, 11) is 0. The minimum absolute atomic E-state index is 0.0308. The van der Waals surface area contributed by atoms with Crippen LogP contribution in [0.5, 0.6) is 0 Å². The topological polar surface area (TPSA) is 117 Å². The first-order valence-electron chi connectivity index (χ1n) is 10.2. The van der Waals surface area contributed by atoms with E-state index in [1.807, 2.05) is 0 Å². The quantitative estimate of drug-likeness (QED) is 0.724. The van der Waals surface area contributed by atoms with Crippen molar-refractivity contribution in [2.45, 2.75) is 13.0 Å². The van der Waals surface area contributed by atoms with Crippen molar-refractivity contribution in [1.29, 1.82) is 10.5 Å². The molecule has 9 heteroatoms. The van der Waals surface area contributed by atoms with Gasteiger partial charge in [-0.15, -0.1) is 0 Å². The summed E-state index contributed by atoms with van der Waals surface area (Å²) in [5.74, 6) is -2.12. The second kappa shape index (κ2) is 10.5. The number of nitriles is 2. The maximum Gasteiger partial charge on any atom is 0.242 e. The molecule has 34 heavy (non-hydrogen) atoms. The van der Waals surface area contributed by atoms with Crippen molar-refractivity contribution >= 4 is 24.0 Å². The Morgan fingerprint density at radius 3 is 1.91 bits per heavy atom. The van der Waals surface area contributed by atoms with E-state index in [9.17, 15) is 23.5 Å². The van der Waals surface area contributed by atoms with Gasteiger partial charge in [0.1, 0.15) is 29.9 Å². The van der Waals surface area contributed by atoms with E-state index in [-0.39, 0.29) is 36.7 Å². The van der Waals surface area contributed by atoms with Crippen LogP contribution in [0.25, 0.3) is 12.2 Å². The predicted molar refractivity (Wildman–Crippen MR) is 119 cm³/mol. The molecule has 1 saturated heterocycles. The lowest BCUT2D eigenvalue weighted by atomic mass is 9.92. The van der Waals surface area contributed by atoms with Crippen LogP contribution in [0.1, 0.15) is 29.2 Å². The molecule has 172 valence electrons. The molecule has 2 aromatic rings. The van der Waals surface area contributed by atoms with Crippen LogP contribution < -0.4 is 5.32 Å². The van der Waals surface area contributed by atoms with E-state index in [0.29, 0.717) is 22.3 Å². The molecule has 2 amide bonds. The fourth-order valence-electron chi connectivity index (χ4n) is 3.51. The largest absolute Gasteiger partial charge is 0.384 e. The van der Waals surface area contributed by atoms with Gasteiger partial charge >= 0.3 is 0 Å². The van der Waals surface area contributed by atoms with E-state index in [4.69, 9.17) is 10.5 Å². The van der Waals surface area contributed by atoms with Crippen LogP contribution in [0.3, 0.4) is 0 Å². The minimum Gasteiger partial charge on any atom is -0.384 e. The monoisotopic (exact) mass is 462 g/mol. The van der Waals surface area contributed by atoms with E-state index in [0.717, 1.165) is 12.1 Å². The van der Waals surface area contributed by atoms with Gasteiger partial charge in [-0.1, -0.05) is 24.3 Å². The molecule has 3 rings (SSSR count). The molecular weight excluding hydrogens is 442 g/mol. The number of carbonyl (C=O) groups is 2. The summed E-state index contributed by atoms with van der Waals surface area (Å²) < 4.78 is 27.4. The molecule has 0 radical (unpaired) electrons. The zero-order valence-electron chi connectivity index (χ0n) is 18.2. The Balaban J connectivity index is 2.01. The molecule has 0 saturated carbocycles. The maximum absolute atomic E-state index is 13.7. The van der Waals surface area contributed by atoms with Crippen LogP contribution in [-0.4, -0.2) is 47.6 Å². The van der Waals surface area contributed by atoms with Crippen LogP contribution in [0, 0.1) is 34.3 Å². The number of halogens is 2. The lowest BCUT2D eigenvalue weighted by molar-refractivity contribution is -0.132. The van der Waals surface area contributed by atoms with E-state index < -0.39 is 23.6 Å². The molecule has 1 aliphatic rings. The van der Waals surface area contributed by atoms with E-state index in [1.54, 1.807) is 24.3 Å². The Bertz CT molecular complexity index is 1200. The lowest BCUT2D eigenvalue weighted by Crippen LogP contribution is -2.47. The average Bonchev–Trinajstić information content (AvgIpc) is 2.82. The van der Waals surface area contributed by atoms with Crippen LogP contribution in [0.4, 0.5) is 8.78 Å². The van der Waals surface area contributed by atoms with Crippen molar-refractivity contribution < 1.29 is 23.5 Å². The number of rotatable bonds is 4. The predicted octanol–water partition coefficient (Wildman–Crippen LogP) is 2.51. The number of nitrogens with one attached hydrogen (secondary N) is 1. The summed E-state index contributed by atoms with van der Waals surface area (Å²) in [5, 5.41) is 31.6. The second-order valence-corrected chi connectivity index (χ2v) is 7.70. The smallest absolute Gasteiger partial charge is 0.242 e. The molecule has 1 fully saturated rings. The maximum atomic E-state index is 13.7. The number of piperidine rings is 1. The molecule has 0 aromatic heterocycles. The zero-order valence-corrected chi connectivity index (χ0v) is 18.2. The molecule has 0 spiro atoms. The summed E-state index contributed by atoms with van der Waals surface area (Å²) in [6.45, 7) is 1.11. The van der Waals surface area contributed by atoms with Crippen LogP contribution >= 0.6 is 0 Å². The molecule has 1 heterocycles. The molecule has 0 atom stereocenters. The third-order valence-electron chi connectivity index (χ3n) is 5.22. The number of amides is 2. The van der Waals surface area contributed by atoms with Crippen LogP contribution in [-0.2, 0) is 9.59 Å². The zero-order chi connectivity index (χ0) is 24.8. The van der Waals surface area contributed by atoms with Crippen molar-refractivity contribution in [3.8, 4) is 12.1 Å². The first kappa shape index (κ1) is 24.3. The number of nitrogens with zero attached hydrogens (tertiary/aromatic N) is 3. The van der Waals surface area contributed by atoms with Crippen molar-refractivity contribution in [3.63, 3.8) is 0 Å². The molecule has 1 aliphatic heterocycles. The molecular formula is C25H20F2N4O3. The van der Waals surface area contributed by atoms with Gasteiger partial charge in [-0.25, -0.2) is 8.78 Å². The molecule has 2 aromatic carbocycles. The molecule has 0 aliphatic carbocycles. The number of aliphatic hydroxyl groups is 1. The Kier molecular flexibility index (Phi) is 7.52. The molecule has 2 N–H and O–H groups in total. The Hall–Kier alpha value is -4.34. The number of likely N-dealkylation sites (tertiary alicyclic amines) is 1. The second-order valence-electron chi connectivity index (χ2n) is 7.70. The fraction of sp³-hybridized carbons (Fsp3) is 0.200. The summed E-state index contributed by atoms with van der Waals surface area (Å²) in [4.78, 5) is 25.3. The third kappa shape index (κ3) is 5.71. The van der Waals surface area contributed by atoms with Gasteiger partial charge in [-0.3, -0.25) is 9.59 Å². The highest BCUT2D eigenvalue weighted by atomic mass is 19.1. The van der Waals surface area contributed by atoms with Gasteiger partial charge in [0.15, 0.2) is 0 Å². The van der Waals surface area contributed by atoms with Crippen molar-refractivity contribution in [3.05, 3.63) is 81.4 Å². The Morgan fingerprint density at radius 2 is 1.50 bits per heavy atom. The lowest BCUT2D eigenvalue weighted by Gasteiger charge is -2.34. The molecule has 0 bridgehead atoms. The number of carbonyl (C=O) groups excluding carboxylic acids is 2. The third-order valence-corrected chi connectivity index (χ3v) is 5.22. The number of benzene rings is 2. The minimum atomic E-state index is -1.13. The van der Waals surface area contributed by atoms with Crippen molar-refractivity contribution in [2.24, 2.45) is 0 Å². The highest BCUT2D eigenvalue weighted by Crippen LogP contribution is 2.26. The normalized spacial score (nSPS) is 17.8. The standard InChI is InChI=1S/C25H20F2N4O3/c1-15(32)30-12-24(33)31-13-20(8-16-2-4-22(26)18(6-16)10-28)25(34)21(14-31)9-17-3-5-23(27)19(7-17)11-29/h2-9,25,34H,12-14H2,1H3,(H,30,32)/b20-8+,21-9+. The van der Waals surface area contributed by atoms with Crippen molar-refractivity contribution in [2.75, 3.05) is 19.6 Å². The average molecular weight is 462 g/mol. The van der Waals surface area contributed by atoms with Gasteiger partial charge in [-0.05, 0) is 46.5 Å². The van der Waals surface area contributed by atoms with E-state index in [2.05, 4.69) is 5.32 Å². The van der Waals surface area contributed by atoms with E-state index >= 15 is 0 Å². The summed E-state index contributed by atoms with van der Waals surface area (Å²) >= 11 is 0. The van der Waals surface area contributed by atoms with Crippen LogP contribution in [0.2, 0.25) is 0 Å². The highest BCUT2D eigenvalue weighted by Gasteiger charge is 2.29. The van der Waals surface area contributed by atoms with E-state index in [1.165, 1.54) is 36.1 Å². The SMILES string of the molecule is CC(=O)NCC(=O)N1C/C(=C\c2ccc(F)c(C#N)c2)C(O)/C(=C/c2ccc(F)c(C#N)c2)C1. The van der Waals surface area contributed by atoms with Gasteiger partial charge in [0.05, 0.1) is 17.7 Å². The molecule has 0 unspecified atom stereocenters. The first-order chi connectivity index (χ1) is 16.2. The summed E-state index contributed by atoms with van der Waals surface area (Å²) in [5.41, 5.74) is 1.37. The fourth-order valence-corrected chi connectivity index (χ4v) is 3.51. The number of hydrogen-bond acceptors (Lipinski definition) is 5. The van der Waals surface area contributed by atoms with Gasteiger partial charge < -0.3 is 15.3 Å². The van der Waals surface area contributed by atoms with Crippen molar-refractivity contribution in [1.82, 2.24) is 10.2 Å². The molecule has 7 nitrogen and oxygen atoms in total. The highest BCUT2D eigenvalue weighted by molar-refractivity contribution is 5.84. The van der Waals surface area contributed by atoms with Gasteiger partial charge in [-0.2, -0.15) is 10.5 Å². The van der Waals surface area contributed by atoms with Gasteiger partial charge in [0.25, 0.3) is 0 Å². The Labute approximate surface area is 194 Å². The number of aliphatic hydroxyl groups excluding tert-OH is 1. The number of hydrogen-bond donors (Lipinski definition) is 2. The Morgan fingerprint density at radius 1 is 1.03 bits per heavy atom. The summed E-state index contributed by atoms with van der Waals surface area (Å²) in [6.07, 6.45) is 1.99.